The Labute approximate surface area is 170 Å². The van der Waals surface area contributed by atoms with E-state index < -0.39 is 17.6 Å². The Hall–Kier alpha value is -2.70. The Morgan fingerprint density at radius 2 is 1.83 bits per heavy atom. The summed E-state index contributed by atoms with van der Waals surface area (Å²) in [5, 5.41) is 22.9. The third-order valence-corrected chi connectivity index (χ3v) is 5.34. The third kappa shape index (κ3) is 5.43. The summed E-state index contributed by atoms with van der Waals surface area (Å²) in [5.41, 5.74) is 0.466. The van der Waals surface area contributed by atoms with E-state index in [1.54, 1.807) is 24.3 Å². The van der Waals surface area contributed by atoms with Gasteiger partial charge in [-0.3, -0.25) is 9.59 Å². The summed E-state index contributed by atoms with van der Waals surface area (Å²) in [5.74, 6) is -0.572. The molecule has 0 aliphatic carbocycles. The van der Waals surface area contributed by atoms with E-state index in [0.29, 0.717) is 37.1 Å². The van der Waals surface area contributed by atoms with E-state index in [9.17, 15) is 19.8 Å². The first-order chi connectivity index (χ1) is 14.0. The molecule has 0 spiro atoms. The van der Waals surface area contributed by atoms with Crippen LogP contribution < -0.4 is 10.1 Å². The molecule has 6 nitrogen and oxygen atoms in total. The zero-order valence-electron chi connectivity index (χ0n) is 16.3. The Morgan fingerprint density at radius 1 is 1.10 bits per heavy atom. The van der Waals surface area contributed by atoms with Crippen molar-refractivity contribution < 1.29 is 24.5 Å². The van der Waals surface area contributed by atoms with Crippen molar-refractivity contribution in [1.82, 2.24) is 5.32 Å². The van der Waals surface area contributed by atoms with Crippen molar-refractivity contribution in [3.63, 3.8) is 0 Å². The molecule has 0 aromatic heterocycles. The number of carboxylic acid groups (broad SMARTS) is 1. The van der Waals surface area contributed by atoms with Crippen LogP contribution >= 0.6 is 0 Å². The lowest BCUT2D eigenvalue weighted by Crippen LogP contribution is -2.50. The number of aliphatic hydroxyl groups excluding tert-OH is 1. The second kappa shape index (κ2) is 9.67. The number of para-hydroxylation sites is 1. The Morgan fingerprint density at radius 3 is 2.52 bits per heavy atom. The summed E-state index contributed by atoms with van der Waals surface area (Å²) in [7, 11) is 0. The number of hydrogen-bond donors (Lipinski definition) is 3. The van der Waals surface area contributed by atoms with E-state index in [4.69, 9.17) is 4.74 Å². The number of rotatable bonds is 10. The van der Waals surface area contributed by atoms with Crippen LogP contribution in [-0.4, -0.2) is 46.8 Å². The average molecular weight is 397 g/mol. The summed E-state index contributed by atoms with van der Waals surface area (Å²) >= 11 is 0. The van der Waals surface area contributed by atoms with Crippen molar-refractivity contribution in [2.75, 3.05) is 13.2 Å². The third-order valence-electron chi connectivity index (χ3n) is 5.34. The quantitative estimate of drug-likeness (QED) is 0.534. The molecule has 3 N–H and O–H groups in total. The molecule has 2 aromatic rings. The minimum Gasteiger partial charge on any atom is -0.490 e. The van der Waals surface area contributed by atoms with Crippen molar-refractivity contribution in [2.45, 2.75) is 43.7 Å². The predicted octanol–water partition coefficient (Wildman–Crippen LogP) is 2.84. The van der Waals surface area contributed by atoms with E-state index in [1.165, 1.54) is 0 Å². The van der Waals surface area contributed by atoms with Gasteiger partial charge in [0.25, 0.3) is 0 Å². The number of carboxylic acids is 1. The van der Waals surface area contributed by atoms with E-state index in [0.717, 1.165) is 12.0 Å². The fraction of sp³-hybridized carbons (Fsp3) is 0.391. The first-order valence-electron chi connectivity index (χ1n) is 9.96. The monoisotopic (exact) mass is 397 g/mol. The lowest BCUT2D eigenvalue weighted by Gasteiger charge is -2.27. The van der Waals surface area contributed by atoms with Gasteiger partial charge in [-0.1, -0.05) is 42.5 Å². The molecule has 1 heterocycles. The molecule has 0 radical (unpaired) electrons. The van der Waals surface area contributed by atoms with Crippen LogP contribution in [0.3, 0.4) is 0 Å². The van der Waals surface area contributed by atoms with Crippen molar-refractivity contribution in [3.05, 3.63) is 65.7 Å². The highest BCUT2D eigenvalue weighted by Crippen LogP contribution is 2.26. The summed E-state index contributed by atoms with van der Waals surface area (Å²) in [6.45, 7) is 0.554. The number of aryl methyl sites for hydroxylation is 1. The lowest BCUT2D eigenvalue weighted by atomic mass is 9.90. The van der Waals surface area contributed by atoms with Crippen LogP contribution in [0.5, 0.6) is 5.75 Å². The number of ketones is 1. The molecule has 2 atom stereocenters. The van der Waals surface area contributed by atoms with Gasteiger partial charge in [-0.25, -0.2) is 0 Å². The van der Waals surface area contributed by atoms with Gasteiger partial charge in [-0.05, 0) is 43.5 Å². The lowest BCUT2D eigenvalue weighted by molar-refractivity contribution is -0.145. The summed E-state index contributed by atoms with van der Waals surface area (Å²) in [6.07, 6.45) is 1.35. The van der Waals surface area contributed by atoms with Crippen LogP contribution in [0.2, 0.25) is 0 Å². The fourth-order valence-electron chi connectivity index (χ4n) is 3.76. The first-order valence-corrected chi connectivity index (χ1v) is 9.96. The Bertz CT molecular complexity index is 830. The van der Waals surface area contributed by atoms with Crippen LogP contribution in [-0.2, 0) is 11.2 Å². The minimum absolute atomic E-state index is 0.0293. The molecule has 1 fully saturated rings. The minimum atomic E-state index is -1.10. The van der Waals surface area contributed by atoms with Crippen molar-refractivity contribution in [1.29, 1.82) is 0 Å². The number of aliphatic hydroxyl groups is 1. The van der Waals surface area contributed by atoms with Crippen LogP contribution in [0, 0.1) is 0 Å². The average Bonchev–Trinajstić information content (AvgIpc) is 3.21. The van der Waals surface area contributed by atoms with Gasteiger partial charge in [0.2, 0.25) is 0 Å². The van der Waals surface area contributed by atoms with Gasteiger partial charge in [-0.2, -0.15) is 0 Å². The Kier molecular flexibility index (Phi) is 7.01. The molecular weight excluding hydrogens is 370 g/mol. The zero-order chi connectivity index (χ0) is 20.7. The molecule has 6 heteroatoms. The number of carbonyl (C=O) groups excluding carboxylic acids is 1. The maximum Gasteiger partial charge on any atom is 0.324 e. The van der Waals surface area contributed by atoms with Gasteiger partial charge in [0.1, 0.15) is 17.9 Å². The van der Waals surface area contributed by atoms with E-state index >= 15 is 0 Å². The van der Waals surface area contributed by atoms with Crippen LogP contribution in [0.4, 0.5) is 0 Å². The highest BCUT2D eigenvalue weighted by Gasteiger charge is 2.42. The van der Waals surface area contributed by atoms with E-state index in [2.05, 4.69) is 5.32 Å². The number of ether oxygens (including phenoxy) is 1. The smallest absolute Gasteiger partial charge is 0.324 e. The second-order valence-electron chi connectivity index (χ2n) is 7.49. The van der Waals surface area contributed by atoms with Crippen LogP contribution in [0.15, 0.2) is 54.6 Å². The second-order valence-corrected chi connectivity index (χ2v) is 7.49. The predicted molar refractivity (Wildman–Crippen MR) is 109 cm³/mol. The van der Waals surface area contributed by atoms with Crippen LogP contribution in [0.25, 0.3) is 0 Å². The number of aliphatic carboxylic acids is 1. The number of hydrogen-bond acceptors (Lipinski definition) is 5. The molecule has 2 aromatic carbocycles. The molecule has 0 saturated carbocycles. The maximum absolute atomic E-state index is 12.7. The van der Waals surface area contributed by atoms with Crippen molar-refractivity contribution >= 4 is 11.8 Å². The fourth-order valence-corrected chi connectivity index (χ4v) is 3.76. The molecule has 3 rings (SSSR count). The van der Waals surface area contributed by atoms with Gasteiger partial charge >= 0.3 is 5.97 Å². The normalized spacial score (nSPS) is 19.6. The molecule has 0 bridgehead atoms. The standard InChI is InChI=1S/C23H27NO5/c25-18(15-23(22(27)28)13-6-14-24-23)16-29-21-10-5-4-9-19(21)20(26)12-11-17-7-2-1-3-8-17/h1-5,7-10,18,24-25H,6,11-16H2,(H,27,28)/t18?,23-/m1/s1. The summed E-state index contributed by atoms with van der Waals surface area (Å²) in [4.78, 5) is 24.3. The summed E-state index contributed by atoms with van der Waals surface area (Å²) in [6, 6.07) is 16.8. The highest BCUT2D eigenvalue weighted by molar-refractivity contribution is 5.98. The molecule has 29 heavy (non-hydrogen) atoms. The largest absolute Gasteiger partial charge is 0.490 e. The summed E-state index contributed by atoms with van der Waals surface area (Å²) < 4.78 is 5.72. The molecule has 1 aliphatic rings. The van der Waals surface area contributed by atoms with Gasteiger partial charge in [-0.15, -0.1) is 0 Å². The molecule has 1 unspecified atom stereocenters. The number of benzene rings is 2. The molecule has 1 saturated heterocycles. The first kappa shape index (κ1) is 21.0. The molecular formula is C23H27NO5. The highest BCUT2D eigenvalue weighted by atomic mass is 16.5. The molecule has 154 valence electrons. The number of carbonyl (C=O) groups is 2. The number of nitrogens with one attached hydrogen (secondary N) is 1. The molecule has 1 aliphatic heterocycles. The SMILES string of the molecule is O=C(CCc1ccccc1)c1ccccc1OCC(O)C[C@@]1(C(=O)O)CCCN1. The van der Waals surface area contributed by atoms with E-state index in [1.807, 2.05) is 30.3 Å². The van der Waals surface area contributed by atoms with E-state index in [-0.39, 0.29) is 18.8 Å². The van der Waals surface area contributed by atoms with Gasteiger partial charge in [0.05, 0.1) is 11.7 Å². The number of Topliss-reactive ketones (excluding diaryl/α,β-unsaturated/α-hetero) is 1. The molecule has 0 amide bonds. The topological polar surface area (TPSA) is 95.9 Å². The van der Waals surface area contributed by atoms with Crippen LogP contribution in [0.1, 0.15) is 41.6 Å². The van der Waals surface area contributed by atoms with Gasteiger partial charge < -0.3 is 20.3 Å². The zero-order valence-corrected chi connectivity index (χ0v) is 16.3. The Balaban J connectivity index is 1.58. The van der Waals surface area contributed by atoms with Crippen molar-refractivity contribution in [2.24, 2.45) is 0 Å². The van der Waals surface area contributed by atoms with Crippen molar-refractivity contribution in [3.8, 4) is 5.75 Å². The maximum atomic E-state index is 12.7. The van der Waals surface area contributed by atoms with Gasteiger partial charge in [0, 0.05) is 12.8 Å². The van der Waals surface area contributed by atoms with Gasteiger partial charge in [0.15, 0.2) is 5.78 Å².